The molecule has 0 bridgehead atoms. The minimum atomic E-state index is 0.424. The van der Waals surface area contributed by atoms with Crippen molar-refractivity contribution in [2.24, 2.45) is 0 Å². The van der Waals surface area contributed by atoms with Gasteiger partial charge in [-0.2, -0.15) is 0 Å². The van der Waals surface area contributed by atoms with Gasteiger partial charge in [-0.3, -0.25) is 0 Å². The summed E-state index contributed by atoms with van der Waals surface area (Å²) in [4.78, 5) is 8.49. The minimum Gasteiger partial charge on any atom is -0.349 e. The molecule has 0 fully saturated rings. The molecule has 0 aliphatic rings. The van der Waals surface area contributed by atoms with Gasteiger partial charge in [-0.1, -0.05) is 13.0 Å². The molecule has 0 amide bonds. The number of pyridine rings is 1. The fourth-order valence-electron chi connectivity index (χ4n) is 2.34. The van der Waals surface area contributed by atoms with Crippen molar-refractivity contribution in [1.82, 2.24) is 10.3 Å². The summed E-state index contributed by atoms with van der Waals surface area (Å²) in [5.74, 6) is 1.08. The Balaban J connectivity index is 2.24. The monoisotopic (exact) mass is 303 g/mol. The Hall–Kier alpha value is -1.39. The van der Waals surface area contributed by atoms with Gasteiger partial charge in [0.1, 0.15) is 5.82 Å². The van der Waals surface area contributed by atoms with E-state index in [2.05, 4.69) is 67.6 Å². The number of hydrogen-bond acceptors (Lipinski definition) is 4. The Labute approximate surface area is 132 Å². The molecule has 0 atom stereocenters. The molecule has 0 radical (unpaired) electrons. The van der Waals surface area contributed by atoms with E-state index in [1.165, 1.54) is 10.4 Å². The van der Waals surface area contributed by atoms with Crippen molar-refractivity contribution in [2.45, 2.75) is 46.8 Å². The number of thiophene rings is 1. The summed E-state index contributed by atoms with van der Waals surface area (Å²) in [6.07, 6.45) is 0. The highest BCUT2D eigenvalue weighted by molar-refractivity contribution is 7.09. The Kier molecular flexibility index (Phi) is 5.76. The van der Waals surface area contributed by atoms with E-state index >= 15 is 0 Å². The number of nitrogens with one attached hydrogen (secondary N) is 1. The Morgan fingerprint density at radius 2 is 2.14 bits per heavy atom. The third-order valence-corrected chi connectivity index (χ3v) is 4.26. The molecule has 0 unspecified atom stereocenters. The van der Waals surface area contributed by atoms with Crippen LogP contribution in [-0.2, 0) is 13.1 Å². The molecule has 4 heteroatoms. The van der Waals surface area contributed by atoms with Crippen LogP contribution in [0.3, 0.4) is 0 Å². The van der Waals surface area contributed by atoms with Crippen molar-refractivity contribution in [3.63, 3.8) is 0 Å². The van der Waals surface area contributed by atoms with Gasteiger partial charge < -0.3 is 10.2 Å². The lowest BCUT2D eigenvalue weighted by molar-refractivity contribution is 0.672. The van der Waals surface area contributed by atoms with Gasteiger partial charge in [0.05, 0.1) is 6.54 Å². The van der Waals surface area contributed by atoms with Gasteiger partial charge in [-0.15, -0.1) is 11.3 Å². The average Bonchev–Trinajstić information content (AvgIpc) is 2.94. The average molecular weight is 303 g/mol. The second kappa shape index (κ2) is 7.57. The third-order valence-electron chi connectivity index (χ3n) is 3.40. The van der Waals surface area contributed by atoms with Crippen LogP contribution in [-0.4, -0.2) is 17.6 Å². The molecule has 0 aliphatic heterocycles. The Bertz CT molecular complexity index is 549. The van der Waals surface area contributed by atoms with Crippen LogP contribution in [0.2, 0.25) is 0 Å². The fraction of sp³-hybridized carbons (Fsp3) is 0.471. The van der Waals surface area contributed by atoms with Gasteiger partial charge in [0, 0.05) is 23.2 Å². The summed E-state index contributed by atoms with van der Waals surface area (Å²) in [5.41, 5.74) is 2.38. The van der Waals surface area contributed by atoms with Gasteiger partial charge in [0.2, 0.25) is 0 Å². The van der Waals surface area contributed by atoms with Gasteiger partial charge in [0.25, 0.3) is 0 Å². The first kappa shape index (κ1) is 16.0. The van der Waals surface area contributed by atoms with Crippen LogP contribution in [0.4, 0.5) is 5.82 Å². The summed E-state index contributed by atoms with van der Waals surface area (Å²) in [7, 11) is 0. The van der Waals surface area contributed by atoms with Gasteiger partial charge in [-0.25, -0.2) is 4.98 Å². The normalized spacial score (nSPS) is 11.1. The zero-order valence-corrected chi connectivity index (χ0v) is 14.2. The van der Waals surface area contributed by atoms with Crippen molar-refractivity contribution in [1.29, 1.82) is 0 Å². The van der Waals surface area contributed by atoms with Crippen LogP contribution in [0.1, 0.15) is 36.9 Å². The Morgan fingerprint density at radius 3 is 2.76 bits per heavy atom. The van der Waals surface area contributed by atoms with Gasteiger partial charge in [-0.05, 0) is 56.5 Å². The standard InChI is InChI=1S/C17H25N3S/c1-5-18-11-15-9-14(4)19-17(10-15)20(13(2)3)12-16-7-6-8-21-16/h6-10,13,18H,5,11-12H2,1-4H3. The lowest BCUT2D eigenvalue weighted by Crippen LogP contribution is -2.31. The second-order valence-electron chi connectivity index (χ2n) is 5.56. The van der Waals surface area contributed by atoms with E-state index in [9.17, 15) is 0 Å². The number of anilines is 1. The molecule has 2 heterocycles. The van der Waals surface area contributed by atoms with E-state index in [1.54, 1.807) is 11.3 Å². The molecule has 0 saturated heterocycles. The summed E-state index contributed by atoms with van der Waals surface area (Å²) in [5, 5.41) is 5.52. The first-order chi connectivity index (χ1) is 10.1. The van der Waals surface area contributed by atoms with Crippen molar-refractivity contribution >= 4 is 17.2 Å². The summed E-state index contributed by atoms with van der Waals surface area (Å²) < 4.78 is 0. The predicted octanol–water partition coefficient (Wildman–Crippen LogP) is 3.98. The van der Waals surface area contributed by atoms with Gasteiger partial charge in [0.15, 0.2) is 0 Å². The molecule has 2 aromatic rings. The molecule has 0 saturated carbocycles. The molecule has 1 N–H and O–H groups in total. The zero-order chi connectivity index (χ0) is 15.2. The molecule has 0 aliphatic carbocycles. The minimum absolute atomic E-state index is 0.424. The second-order valence-corrected chi connectivity index (χ2v) is 6.59. The van der Waals surface area contributed by atoms with Gasteiger partial charge >= 0.3 is 0 Å². The van der Waals surface area contributed by atoms with E-state index in [1.807, 2.05) is 0 Å². The molecule has 21 heavy (non-hydrogen) atoms. The maximum atomic E-state index is 4.75. The van der Waals surface area contributed by atoms with E-state index < -0.39 is 0 Å². The van der Waals surface area contributed by atoms with E-state index in [4.69, 9.17) is 4.98 Å². The number of nitrogens with zero attached hydrogens (tertiary/aromatic N) is 2. The van der Waals surface area contributed by atoms with Crippen LogP contribution in [0.25, 0.3) is 0 Å². The number of aryl methyl sites for hydroxylation is 1. The first-order valence-electron chi connectivity index (χ1n) is 7.57. The molecule has 114 valence electrons. The van der Waals surface area contributed by atoms with Crippen LogP contribution in [0, 0.1) is 6.92 Å². The van der Waals surface area contributed by atoms with Crippen molar-refractivity contribution in [2.75, 3.05) is 11.4 Å². The number of rotatable bonds is 7. The van der Waals surface area contributed by atoms with Crippen LogP contribution in [0.15, 0.2) is 29.6 Å². The highest BCUT2D eigenvalue weighted by Crippen LogP contribution is 2.22. The topological polar surface area (TPSA) is 28.2 Å². The molecule has 2 aromatic heterocycles. The zero-order valence-electron chi connectivity index (χ0n) is 13.4. The maximum absolute atomic E-state index is 4.75. The largest absolute Gasteiger partial charge is 0.349 e. The van der Waals surface area contributed by atoms with Crippen LogP contribution < -0.4 is 10.2 Å². The lowest BCUT2D eigenvalue weighted by Gasteiger charge is -2.28. The smallest absolute Gasteiger partial charge is 0.129 e. The predicted molar refractivity (Wildman–Crippen MR) is 92.0 cm³/mol. The highest BCUT2D eigenvalue weighted by atomic mass is 32.1. The Morgan fingerprint density at radius 1 is 1.33 bits per heavy atom. The van der Waals surface area contributed by atoms with E-state index in [0.717, 1.165) is 31.1 Å². The molecule has 2 rings (SSSR count). The quantitative estimate of drug-likeness (QED) is 0.838. The molecule has 0 aromatic carbocycles. The summed E-state index contributed by atoms with van der Waals surface area (Å²) >= 11 is 1.80. The maximum Gasteiger partial charge on any atom is 0.129 e. The summed E-state index contributed by atoms with van der Waals surface area (Å²) in [6, 6.07) is 9.10. The number of aromatic nitrogens is 1. The molecular formula is C17H25N3S. The third kappa shape index (κ3) is 4.55. The van der Waals surface area contributed by atoms with Crippen molar-refractivity contribution in [3.8, 4) is 0 Å². The van der Waals surface area contributed by atoms with Crippen LogP contribution >= 0.6 is 11.3 Å². The van der Waals surface area contributed by atoms with E-state index in [0.29, 0.717) is 6.04 Å². The van der Waals surface area contributed by atoms with Crippen molar-refractivity contribution in [3.05, 3.63) is 45.8 Å². The van der Waals surface area contributed by atoms with Crippen molar-refractivity contribution < 1.29 is 0 Å². The highest BCUT2D eigenvalue weighted by Gasteiger charge is 2.14. The number of hydrogen-bond donors (Lipinski definition) is 1. The summed E-state index contributed by atoms with van der Waals surface area (Å²) in [6.45, 7) is 11.5. The lowest BCUT2D eigenvalue weighted by atomic mass is 10.2. The van der Waals surface area contributed by atoms with E-state index in [-0.39, 0.29) is 0 Å². The molecular weight excluding hydrogens is 278 g/mol. The molecule has 0 spiro atoms. The van der Waals surface area contributed by atoms with Crippen LogP contribution in [0.5, 0.6) is 0 Å². The molecule has 3 nitrogen and oxygen atoms in total. The fourth-order valence-corrected chi connectivity index (χ4v) is 3.04. The SMILES string of the molecule is CCNCc1cc(C)nc(N(Cc2cccs2)C(C)C)c1. The first-order valence-corrected chi connectivity index (χ1v) is 8.45.